The largest absolute Gasteiger partial charge is 0.369 e. The molecule has 1 aromatic rings. The zero-order valence-corrected chi connectivity index (χ0v) is 12.8. The van der Waals surface area contributed by atoms with E-state index in [-0.39, 0.29) is 6.04 Å². The Hall–Kier alpha value is -0.540. The van der Waals surface area contributed by atoms with Gasteiger partial charge in [0.15, 0.2) is 0 Å². The number of rotatable bonds is 5. The van der Waals surface area contributed by atoms with Gasteiger partial charge in [-0.25, -0.2) is 0 Å². The van der Waals surface area contributed by atoms with Crippen LogP contribution in [-0.2, 0) is 0 Å². The third-order valence-electron chi connectivity index (χ3n) is 2.88. The van der Waals surface area contributed by atoms with Gasteiger partial charge in [0, 0.05) is 28.8 Å². The summed E-state index contributed by atoms with van der Waals surface area (Å²) in [6, 6.07) is 6.93. The quantitative estimate of drug-likeness (QED) is 0.887. The van der Waals surface area contributed by atoms with Gasteiger partial charge in [0.1, 0.15) is 0 Å². The molecule has 1 atom stereocenters. The monoisotopic (exact) mass is 298 g/mol. The van der Waals surface area contributed by atoms with E-state index in [0.29, 0.717) is 6.04 Å². The second kappa shape index (κ2) is 6.41. The van der Waals surface area contributed by atoms with Crippen LogP contribution in [0.2, 0.25) is 0 Å². The molecule has 1 unspecified atom stereocenters. The van der Waals surface area contributed by atoms with Crippen molar-refractivity contribution in [2.45, 2.75) is 46.2 Å². The van der Waals surface area contributed by atoms with E-state index in [2.05, 4.69) is 59.8 Å². The highest BCUT2D eigenvalue weighted by molar-refractivity contribution is 9.10. The molecule has 0 aliphatic rings. The molecule has 3 heteroatoms. The smallest absolute Gasteiger partial charge is 0.0417 e. The molecule has 0 amide bonds. The summed E-state index contributed by atoms with van der Waals surface area (Å²) in [5, 5.41) is 0. The SMILES string of the molecule is CCCN(c1ccc(Br)cc1C(C)N)C(C)C. The first kappa shape index (κ1) is 14.5. The van der Waals surface area contributed by atoms with Gasteiger partial charge in [0.2, 0.25) is 0 Å². The lowest BCUT2D eigenvalue weighted by Crippen LogP contribution is -2.32. The highest BCUT2D eigenvalue weighted by Gasteiger charge is 2.15. The minimum absolute atomic E-state index is 0.0561. The summed E-state index contributed by atoms with van der Waals surface area (Å²) in [7, 11) is 0. The van der Waals surface area contributed by atoms with Gasteiger partial charge in [-0.05, 0) is 51.0 Å². The topological polar surface area (TPSA) is 29.3 Å². The molecule has 0 fully saturated rings. The molecule has 0 saturated heterocycles. The molecule has 1 aromatic carbocycles. The Labute approximate surface area is 113 Å². The van der Waals surface area contributed by atoms with Gasteiger partial charge in [-0.2, -0.15) is 0 Å². The van der Waals surface area contributed by atoms with Crippen LogP contribution in [0.5, 0.6) is 0 Å². The molecule has 17 heavy (non-hydrogen) atoms. The Kier molecular flexibility index (Phi) is 5.47. The zero-order chi connectivity index (χ0) is 13.0. The maximum Gasteiger partial charge on any atom is 0.0417 e. The summed E-state index contributed by atoms with van der Waals surface area (Å²) in [6.45, 7) is 9.76. The predicted octanol–water partition coefficient (Wildman–Crippen LogP) is 4.09. The van der Waals surface area contributed by atoms with E-state index in [1.807, 2.05) is 6.92 Å². The third-order valence-corrected chi connectivity index (χ3v) is 3.37. The van der Waals surface area contributed by atoms with Gasteiger partial charge in [0.25, 0.3) is 0 Å². The van der Waals surface area contributed by atoms with Crippen molar-refractivity contribution in [2.75, 3.05) is 11.4 Å². The van der Waals surface area contributed by atoms with Gasteiger partial charge < -0.3 is 10.6 Å². The maximum absolute atomic E-state index is 6.07. The van der Waals surface area contributed by atoms with Crippen molar-refractivity contribution < 1.29 is 0 Å². The van der Waals surface area contributed by atoms with Crippen molar-refractivity contribution in [1.82, 2.24) is 0 Å². The van der Waals surface area contributed by atoms with Crippen molar-refractivity contribution >= 4 is 21.6 Å². The van der Waals surface area contributed by atoms with Gasteiger partial charge in [-0.15, -0.1) is 0 Å². The second-order valence-electron chi connectivity index (χ2n) is 4.78. The van der Waals surface area contributed by atoms with Crippen LogP contribution in [0.4, 0.5) is 5.69 Å². The van der Waals surface area contributed by atoms with Crippen LogP contribution in [0.25, 0.3) is 0 Å². The van der Waals surface area contributed by atoms with Crippen LogP contribution in [-0.4, -0.2) is 12.6 Å². The van der Waals surface area contributed by atoms with E-state index >= 15 is 0 Å². The Bertz CT molecular complexity index is 361. The molecule has 0 aliphatic heterocycles. The van der Waals surface area contributed by atoms with Crippen molar-refractivity contribution in [3.05, 3.63) is 28.2 Å². The molecule has 0 heterocycles. The van der Waals surface area contributed by atoms with Gasteiger partial charge >= 0.3 is 0 Å². The summed E-state index contributed by atoms with van der Waals surface area (Å²) in [5.74, 6) is 0. The molecule has 0 saturated carbocycles. The minimum Gasteiger partial charge on any atom is -0.369 e. The molecule has 0 bridgehead atoms. The molecule has 2 N–H and O–H groups in total. The fourth-order valence-electron chi connectivity index (χ4n) is 2.05. The van der Waals surface area contributed by atoms with Crippen molar-refractivity contribution in [3.63, 3.8) is 0 Å². The first-order valence-corrected chi connectivity index (χ1v) is 7.08. The molecule has 0 spiro atoms. The molecule has 96 valence electrons. The van der Waals surface area contributed by atoms with Crippen LogP contribution in [0.3, 0.4) is 0 Å². The van der Waals surface area contributed by atoms with Crippen molar-refractivity contribution in [1.29, 1.82) is 0 Å². The number of halogens is 1. The fourth-order valence-corrected chi connectivity index (χ4v) is 2.43. The molecular weight excluding hydrogens is 276 g/mol. The van der Waals surface area contributed by atoms with Gasteiger partial charge in [0.05, 0.1) is 0 Å². The molecule has 2 nitrogen and oxygen atoms in total. The number of anilines is 1. The Balaban J connectivity index is 3.17. The van der Waals surface area contributed by atoms with E-state index in [0.717, 1.165) is 17.4 Å². The predicted molar refractivity (Wildman–Crippen MR) is 79.5 cm³/mol. The van der Waals surface area contributed by atoms with E-state index in [1.165, 1.54) is 11.3 Å². The highest BCUT2D eigenvalue weighted by Crippen LogP contribution is 2.29. The van der Waals surface area contributed by atoms with Crippen molar-refractivity contribution in [3.8, 4) is 0 Å². The van der Waals surface area contributed by atoms with E-state index in [4.69, 9.17) is 5.73 Å². The van der Waals surface area contributed by atoms with Crippen LogP contribution in [0, 0.1) is 0 Å². The number of benzene rings is 1. The summed E-state index contributed by atoms with van der Waals surface area (Å²) in [4.78, 5) is 2.42. The van der Waals surface area contributed by atoms with E-state index in [9.17, 15) is 0 Å². The zero-order valence-electron chi connectivity index (χ0n) is 11.2. The number of nitrogens with zero attached hydrogens (tertiary/aromatic N) is 1. The number of nitrogens with two attached hydrogens (primary N) is 1. The standard InChI is InChI=1S/C14H23BrN2/c1-5-8-17(10(2)3)14-7-6-12(15)9-13(14)11(4)16/h6-7,9-11H,5,8,16H2,1-4H3. The highest BCUT2D eigenvalue weighted by atomic mass is 79.9. The molecule has 0 radical (unpaired) electrons. The van der Waals surface area contributed by atoms with Crippen LogP contribution in [0.1, 0.15) is 45.7 Å². The molecule has 1 rings (SSSR count). The minimum atomic E-state index is 0.0561. The fraction of sp³-hybridized carbons (Fsp3) is 0.571. The molecular formula is C14H23BrN2. The summed E-state index contributed by atoms with van der Waals surface area (Å²) < 4.78 is 1.09. The lowest BCUT2D eigenvalue weighted by molar-refractivity contribution is 0.662. The lowest BCUT2D eigenvalue weighted by Gasteiger charge is -2.31. The summed E-state index contributed by atoms with van der Waals surface area (Å²) in [6.07, 6.45) is 1.15. The van der Waals surface area contributed by atoms with Crippen molar-refractivity contribution in [2.24, 2.45) is 5.73 Å². The first-order chi connectivity index (χ1) is 7.97. The van der Waals surface area contributed by atoms with Gasteiger partial charge in [-0.1, -0.05) is 22.9 Å². The Morgan fingerprint density at radius 3 is 2.41 bits per heavy atom. The Morgan fingerprint density at radius 1 is 1.29 bits per heavy atom. The Morgan fingerprint density at radius 2 is 1.94 bits per heavy atom. The van der Waals surface area contributed by atoms with Gasteiger partial charge in [-0.3, -0.25) is 0 Å². The summed E-state index contributed by atoms with van der Waals surface area (Å²) in [5.41, 5.74) is 8.54. The second-order valence-corrected chi connectivity index (χ2v) is 5.69. The third kappa shape index (κ3) is 3.71. The number of hydrogen-bond acceptors (Lipinski definition) is 2. The van der Waals surface area contributed by atoms with Crippen LogP contribution in [0.15, 0.2) is 22.7 Å². The number of hydrogen-bond donors (Lipinski definition) is 1. The normalized spacial score (nSPS) is 12.9. The average molecular weight is 299 g/mol. The molecule has 0 aliphatic carbocycles. The van der Waals surface area contributed by atoms with E-state index in [1.54, 1.807) is 0 Å². The lowest BCUT2D eigenvalue weighted by atomic mass is 10.0. The van der Waals surface area contributed by atoms with E-state index < -0.39 is 0 Å². The average Bonchev–Trinajstić information content (AvgIpc) is 2.26. The maximum atomic E-state index is 6.07. The first-order valence-electron chi connectivity index (χ1n) is 6.29. The molecule has 0 aromatic heterocycles. The van der Waals surface area contributed by atoms with Crippen LogP contribution >= 0.6 is 15.9 Å². The van der Waals surface area contributed by atoms with Crippen LogP contribution < -0.4 is 10.6 Å². The summed E-state index contributed by atoms with van der Waals surface area (Å²) >= 11 is 3.52.